The minimum Gasteiger partial charge on any atom is -0.481 e. The van der Waals surface area contributed by atoms with Gasteiger partial charge in [-0.1, -0.05) is 42.1 Å². The third-order valence-electron chi connectivity index (χ3n) is 3.93. The van der Waals surface area contributed by atoms with E-state index >= 15 is 0 Å². The lowest BCUT2D eigenvalue weighted by Crippen LogP contribution is -2.26. The molecule has 2 aromatic carbocycles. The summed E-state index contributed by atoms with van der Waals surface area (Å²) in [5.74, 6) is -3.33. The molecule has 0 radical (unpaired) electrons. The summed E-state index contributed by atoms with van der Waals surface area (Å²) in [6.07, 6.45) is 1.13. The number of carbonyl (C=O) groups is 3. The topological polar surface area (TPSA) is 128 Å². The molecule has 29 heavy (non-hydrogen) atoms. The molecular weight excluding hydrogens is 401 g/mol. The number of nitrogens with one attached hydrogen (secondary N) is 1. The van der Waals surface area contributed by atoms with E-state index in [0.29, 0.717) is 11.1 Å². The first-order valence-electron chi connectivity index (χ1n) is 8.27. The van der Waals surface area contributed by atoms with E-state index in [1.165, 1.54) is 18.3 Å². The van der Waals surface area contributed by atoms with Gasteiger partial charge in [0, 0.05) is 5.56 Å². The van der Waals surface area contributed by atoms with E-state index in [1.54, 1.807) is 24.3 Å². The number of aliphatic carboxylic acids is 1. The third-order valence-corrected chi connectivity index (χ3v) is 5.00. The van der Waals surface area contributed by atoms with E-state index in [-0.39, 0.29) is 22.7 Å². The van der Waals surface area contributed by atoms with Gasteiger partial charge in [0.25, 0.3) is 0 Å². The smallest absolute Gasteiger partial charge is 0.335 e. The lowest BCUT2D eigenvalue weighted by molar-refractivity contribution is -0.138. The first-order chi connectivity index (χ1) is 13.8. The fourth-order valence-electron chi connectivity index (χ4n) is 2.52. The Morgan fingerprint density at radius 2 is 1.90 bits per heavy atom. The number of carboxylic acid groups (broad SMARTS) is 2. The standard InChI is InChI=1S/C19H14FN3O5S/c20-14-7-12(18(27)28)5-6-13(14)11-3-1-10(2-4-11)9-21-23-19-22-17(26)15(29-19)8-16(24)25/h1-7,9,15H,8H2,(H,24,25)(H,27,28)(H,22,23,26). The Morgan fingerprint density at radius 3 is 2.52 bits per heavy atom. The molecule has 1 fully saturated rings. The Morgan fingerprint density at radius 1 is 1.17 bits per heavy atom. The molecule has 0 spiro atoms. The zero-order valence-electron chi connectivity index (χ0n) is 14.7. The number of carboxylic acids is 2. The van der Waals surface area contributed by atoms with Crippen molar-refractivity contribution in [1.29, 1.82) is 0 Å². The van der Waals surface area contributed by atoms with Crippen molar-refractivity contribution in [1.82, 2.24) is 5.32 Å². The van der Waals surface area contributed by atoms with Crippen LogP contribution in [0.5, 0.6) is 0 Å². The Hall–Kier alpha value is -3.53. The van der Waals surface area contributed by atoms with Crippen molar-refractivity contribution in [3.05, 3.63) is 59.4 Å². The molecule has 1 saturated heterocycles. The van der Waals surface area contributed by atoms with Gasteiger partial charge in [0.2, 0.25) is 5.91 Å². The number of rotatable bonds is 6. The van der Waals surface area contributed by atoms with E-state index < -0.39 is 28.9 Å². The van der Waals surface area contributed by atoms with E-state index in [0.717, 1.165) is 17.8 Å². The minimum atomic E-state index is -1.20. The SMILES string of the molecule is O=C(O)CC1SC(=NN=Cc2ccc(-c3ccc(C(=O)O)cc3F)cc2)NC1=O. The molecule has 0 aliphatic carbocycles. The summed E-state index contributed by atoms with van der Waals surface area (Å²) >= 11 is 0.998. The highest BCUT2D eigenvalue weighted by Gasteiger charge is 2.32. The Balaban J connectivity index is 1.67. The van der Waals surface area contributed by atoms with Crippen LogP contribution in [0.1, 0.15) is 22.3 Å². The van der Waals surface area contributed by atoms with Crippen LogP contribution in [0.2, 0.25) is 0 Å². The van der Waals surface area contributed by atoms with Gasteiger partial charge in [-0.3, -0.25) is 9.59 Å². The predicted octanol–water partition coefficient (Wildman–Crippen LogP) is 2.59. The number of amidine groups is 1. The zero-order chi connectivity index (χ0) is 21.0. The van der Waals surface area contributed by atoms with Gasteiger partial charge in [-0.25, -0.2) is 9.18 Å². The largest absolute Gasteiger partial charge is 0.481 e. The molecule has 10 heteroatoms. The fourth-order valence-corrected chi connectivity index (χ4v) is 3.44. The molecule has 1 heterocycles. The fraction of sp³-hybridized carbons (Fsp3) is 0.105. The Bertz CT molecular complexity index is 1040. The monoisotopic (exact) mass is 415 g/mol. The Labute approximate surface area is 168 Å². The van der Waals surface area contributed by atoms with Crippen molar-refractivity contribution in [3.63, 3.8) is 0 Å². The highest BCUT2D eigenvalue weighted by molar-refractivity contribution is 8.15. The Kier molecular flexibility index (Phi) is 6.03. The molecule has 0 aromatic heterocycles. The van der Waals surface area contributed by atoms with Crippen molar-refractivity contribution in [2.45, 2.75) is 11.7 Å². The van der Waals surface area contributed by atoms with Gasteiger partial charge in [-0.05, 0) is 23.3 Å². The number of hydrogen-bond donors (Lipinski definition) is 3. The number of amides is 1. The first-order valence-corrected chi connectivity index (χ1v) is 9.15. The van der Waals surface area contributed by atoms with Crippen LogP contribution < -0.4 is 5.32 Å². The summed E-state index contributed by atoms with van der Waals surface area (Å²) in [6.45, 7) is 0. The quantitative estimate of drug-likeness (QED) is 0.491. The molecule has 1 unspecified atom stereocenters. The van der Waals surface area contributed by atoms with Crippen LogP contribution in [0.4, 0.5) is 4.39 Å². The maximum Gasteiger partial charge on any atom is 0.335 e. The van der Waals surface area contributed by atoms with Crippen molar-refractivity contribution in [2.24, 2.45) is 10.2 Å². The molecule has 3 rings (SSSR count). The summed E-state index contributed by atoms with van der Waals surface area (Å²) < 4.78 is 14.1. The van der Waals surface area contributed by atoms with E-state index in [9.17, 15) is 18.8 Å². The van der Waals surface area contributed by atoms with Crippen molar-refractivity contribution >= 4 is 41.0 Å². The normalized spacial score (nSPS) is 17.6. The van der Waals surface area contributed by atoms with Gasteiger partial charge >= 0.3 is 11.9 Å². The van der Waals surface area contributed by atoms with Crippen LogP contribution in [-0.2, 0) is 9.59 Å². The number of halogens is 1. The highest BCUT2D eigenvalue weighted by atomic mass is 32.2. The molecule has 1 aliphatic rings. The molecule has 2 aromatic rings. The molecule has 1 amide bonds. The average molecular weight is 415 g/mol. The number of carbonyl (C=O) groups excluding carboxylic acids is 1. The molecular formula is C19H14FN3O5S. The predicted molar refractivity (Wildman–Crippen MR) is 106 cm³/mol. The summed E-state index contributed by atoms with van der Waals surface area (Å²) in [5.41, 5.74) is 1.37. The maximum absolute atomic E-state index is 14.1. The van der Waals surface area contributed by atoms with Crippen LogP contribution >= 0.6 is 11.8 Å². The number of thioether (sulfide) groups is 1. The van der Waals surface area contributed by atoms with Gasteiger partial charge in [0.05, 0.1) is 18.2 Å². The third kappa shape index (κ3) is 5.05. The number of aromatic carboxylic acids is 1. The van der Waals surface area contributed by atoms with E-state index in [2.05, 4.69) is 15.5 Å². The molecule has 1 aliphatic heterocycles. The number of nitrogens with zero attached hydrogens (tertiary/aromatic N) is 2. The second-order valence-electron chi connectivity index (χ2n) is 5.97. The van der Waals surface area contributed by atoms with Crippen LogP contribution in [0.25, 0.3) is 11.1 Å². The second kappa shape index (κ2) is 8.65. The van der Waals surface area contributed by atoms with Crippen molar-refractivity contribution in [2.75, 3.05) is 0 Å². The van der Waals surface area contributed by atoms with Crippen molar-refractivity contribution in [3.8, 4) is 11.1 Å². The first kappa shape index (κ1) is 20.2. The van der Waals surface area contributed by atoms with Gasteiger partial charge in [-0.2, -0.15) is 5.10 Å². The summed E-state index contributed by atoms with van der Waals surface area (Å²) in [7, 11) is 0. The van der Waals surface area contributed by atoms with Crippen LogP contribution in [-0.4, -0.2) is 44.7 Å². The summed E-state index contributed by atoms with van der Waals surface area (Å²) in [4.78, 5) is 33.2. The van der Waals surface area contributed by atoms with Gasteiger partial charge in [0.1, 0.15) is 11.1 Å². The maximum atomic E-state index is 14.1. The van der Waals surface area contributed by atoms with E-state index in [1.807, 2.05) is 0 Å². The lowest BCUT2D eigenvalue weighted by atomic mass is 10.0. The molecule has 1 atom stereocenters. The van der Waals surface area contributed by atoms with Gasteiger partial charge < -0.3 is 15.5 Å². The molecule has 148 valence electrons. The minimum absolute atomic E-state index is 0.128. The number of benzene rings is 2. The van der Waals surface area contributed by atoms with Crippen LogP contribution in [0.3, 0.4) is 0 Å². The molecule has 8 nitrogen and oxygen atoms in total. The molecule has 3 N–H and O–H groups in total. The van der Waals surface area contributed by atoms with Crippen LogP contribution in [0, 0.1) is 5.82 Å². The molecule has 0 saturated carbocycles. The zero-order valence-corrected chi connectivity index (χ0v) is 15.5. The molecule has 0 bridgehead atoms. The number of hydrogen-bond acceptors (Lipinski definition) is 6. The highest BCUT2D eigenvalue weighted by Crippen LogP contribution is 2.24. The summed E-state index contributed by atoms with van der Waals surface area (Å²) in [5, 5.41) is 27.3. The lowest BCUT2D eigenvalue weighted by Gasteiger charge is -2.05. The second-order valence-corrected chi connectivity index (χ2v) is 7.16. The van der Waals surface area contributed by atoms with Gasteiger partial charge in [0.15, 0.2) is 5.17 Å². The van der Waals surface area contributed by atoms with Crippen molar-refractivity contribution < 1.29 is 29.0 Å². The van der Waals surface area contributed by atoms with Gasteiger partial charge in [-0.15, -0.1) is 5.10 Å². The van der Waals surface area contributed by atoms with E-state index in [4.69, 9.17) is 10.2 Å². The average Bonchev–Trinajstić information content (AvgIpc) is 3.01. The van der Waals surface area contributed by atoms with Crippen LogP contribution in [0.15, 0.2) is 52.7 Å². The summed E-state index contributed by atoms with van der Waals surface area (Å²) in [6, 6.07) is 10.4.